The first kappa shape index (κ1) is 21.5. The van der Waals surface area contributed by atoms with E-state index in [1.807, 2.05) is 0 Å². The smallest absolute Gasteiger partial charge is 0.246 e. The summed E-state index contributed by atoms with van der Waals surface area (Å²) in [7, 11) is 0. The van der Waals surface area contributed by atoms with Crippen molar-refractivity contribution < 1.29 is 28.6 Å². The Balaban J connectivity index is 3.31. The number of ketones is 1. The van der Waals surface area contributed by atoms with Crippen LogP contribution in [0, 0.1) is 5.92 Å². The van der Waals surface area contributed by atoms with Crippen molar-refractivity contribution in [2.24, 2.45) is 5.92 Å². The molecule has 23 heavy (non-hydrogen) atoms. The maximum atomic E-state index is 11.4. The molecular formula is C15H28N2O6. The van der Waals surface area contributed by atoms with Crippen molar-refractivity contribution in [2.45, 2.75) is 20.8 Å². The van der Waals surface area contributed by atoms with Crippen LogP contribution >= 0.6 is 0 Å². The molecule has 2 N–H and O–H groups in total. The van der Waals surface area contributed by atoms with Crippen LogP contribution in [0.25, 0.3) is 0 Å². The highest BCUT2D eigenvalue weighted by molar-refractivity contribution is 5.78. The minimum absolute atomic E-state index is 0.0268. The Bertz CT molecular complexity index is 360. The molecule has 0 unspecified atom stereocenters. The predicted octanol–water partition coefficient (Wildman–Crippen LogP) is -0.486. The van der Waals surface area contributed by atoms with Gasteiger partial charge in [0.15, 0.2) is 5.78 Å². The molecular weight excluding hydrogens is 304 g/mol. The van der Waals surface area contributed by atoms with Gasteiger partial charge in [0.05, 0.1) is 26.4 Å². The van der Waals surface area contributed by atoms with Crippen molar-refractivity contribution in [2.75, 3.05) is 52.7 Å². The van der Waals surface area contributed by atoms with E-state index in [0.717, 1.165) is 0 Å². The number of rotatable bonds is 14. The van der Waals surface area contributed by atoms with Gasteiger partial charge in [0.25, 0.3) is 0 Å². The molecule has 0 aromatic rings. The lowest BCUT2D eigenvalue weighted by Gasteiger charge is -2.09. The average molecular weight is 332 g/mol. The molecule has 2 amide bonds. The maximum absolute atomic E-state index is 11.4. The largest absolute Gasteiger partial charge is 0.377 e. The fraction of sp³-hybridized carbons (Fsp3) is 0.800. The van der Waals surface area contributed by atoms with E-state index < -0.39 is 0 Å². The Hall–Kier alpha value is -1.51. The van der Waals surface area contributed by atoms with Crippen LogP contribution in [0.3, 0.4) is 0 Å². The van der Waals surface area contributed by atoms with Gasteiger partial charge >= 0.3 is 0 Å². The van der Waals surface area contributed by atoms with Crippen molar-refractivity contribution >= 4 is 17.6 Å². The topological polar surface area (TPSA) is 103 Å². The first-order valence-corrected chi connectivity index (χ1v) is 7.70. The van der Waals surface area contributed by atoms with Crippen molar-refractivity contribution in [1.29, 1.82) is 0 Å². The van der Waals surface area contributed by atoms with E-state index in [4.69, 9.17) is 14.2 Å². The second kappa shape index (κ2) is 14.1. The summed E-state index contributed by atoms with van der Waals surface area (Å²) in [6.07, 6.45) is 0. The Morgan fingerprint density at radius 3 is 2.04 bits per heavy atom. The summed E-state index contributed by atoms with van der Waals surface area (Å²) in [4.78, 5) is 33.3. The summed E-state index contributed by atoms with van der Waals surface area (Å²) in [6, 6.07) is 0. The molecule has 0 fully saturated rings. The fourth-order valence-corrected chi connectivity index (χ4v) is 1.36. The second-order valence-corrected chi connectivity index (χ2v) is 5.22. The predicted molar refractivity (Wildman–Crippen MR) is 84.0 cm³/mol. The van der Waals surface area contributed by atoms with Crippen LogP contribution in [0.5, 0.6) is 0 Å². The van der Waals surface area contributed by atoms with E-state index in [2.05, 4.69) is 10.6 Å². The molecule has 0 aliphatic heterocycles. The van der Waals surface area contributed by atoms with Crippen molar-refractivity contribution in [3.8, 4) is 0 Å². The summed E-state index contributed by atoms with van der Waals surface area (Å²) in [5.41, 5.74) is 0. The second-order valence-electron chi connectivity index (χ2n) is 5.22. The molecule has 8 heteroatoms. The molecule has 0 radical (unpaired) electrons. The first-order valence-electron chi connectivity index (χ1n) is 7.70. The van der Waals surface area contributed by atoms with Crippen LogP contribution in [0.4, 0.5) is 0 Å². The van der Waals surface area contributed by atoms with Gasteiger partial charge in [-0.25, -0.2) is 0 Å². The van der Waals surface area contributed by atoms with Crippen molar-refractivity contribution in [3.63, 3.8) is 0 Å². The molecule has 0 aliphatic carbocycles. The molecule has 8 nitrogen and oxygen atoms in total. The Labute approximate surface area is 137 Å². The monoisotopic (exact) mass is 332 g/mol. The SMILES string of the molecule is CC(=O)COCCOCCNC(=O)COCCNC(=O)C(C)C. The zero-order chi connectivity index (χ0) is 17.5. The number of hydrogen-bond acceptors (Lipinski definition) is 6. The maximum Gasteiger partial charge on any atom is 0.246 e. The minimum Gasteiger partial charge on any atom is -0.377 e. The summed E-state index contributed by atoms with van der Waals surface area (Å²) in [5, 5.41) is 5.33. The summed E-state index contributed by atoms with van der Waals surface area (Å²) in [6.45, 7) is 7.23. The Morgan fingerprint density at radius 2 is 1.39 bits per heavy atom. The molecule has 0 spiro atoms. The molecule has 0 rings (SSSR count). The van der Waals surface area contributed by atoms with Crippen LogP contribution < -0.4 is 10.6 Å². The average Bonchev–Trinajstić information content (AvgIpc) is 2.48. The van der Waals surface area contributed by atoms with Gasteiger partial charge in [-0.2, -0.15) is 0 Å². The third kappa shape index (κ3) is 15.2. The van der Waals surface area contributed by atoms with Gasteiger partial charge in [-0.1, -0.05) is 13.8 Å². The number of ether oxygens (including phenoxy) is 3. The van der Waals surface area contributed by atoms with E-state index in [0.29, 0.717) is 32.9 Å². The van der Waals surface area contributed by atoms with Gasteiger partial charge in [-0.15, -0.1) is 0 Å². The molecule has 0 aromatic heterocycles. The van der Waals surface area contributed by atoms with Gasteiger partial charge in [-0.3, -0.25) is 14.4 Å². The van der Waals surface area contributed by atoms with Gasteiger partial charge in [-0.05, 0) is 6.92 Å². The molecule has 0 bridgehead atoms. The lowest BCUT2D eigenvalue weighted by Crippen LogP contribution is -2.33. The highest BCUT2D eigenvalue weighted by Gasteiger charge is 2.05. The number of nitrogens with one attached hydrogen (secondary N) is 2. The Kier molecular flexibility index (Phi) is 13.2. The standard InChI is InChI=1S/C15H28N2O6/c1-12(2)15(20)17-5-7-22-11-14(19)16-4-6-21-8-9-23-10-13(3)18/h12H,4-11H2,1-3H3,(H,16,19)(H,17,20). The lowest BCUT2D eigenvalue weighted by atomic mass is 10.2. The van der Waals surface area contributed by atoms with Gasteiger partial charge in [0, 0.05) is 19.0 Å². The quantitative estimate of drug-likeness (QED) is 0.416. The summed E-state index contributed by atoms with van der Waals surface area (Å²) in [5.74, 6) is -0.369. The van der Waals surface area contributed by atoms with Crippen LogP contribution in [0.15, 0.2) is 0 Å². The number of carbonyl (C=O) groups excluding carboxylic acids is 3. The highest BCUT2D eigenvalue weighted by atomic mass is 16.5. The number of Topliss-reactive ketones (excluding diaryl/α,β-unsaturated/α-hetero) is 1. The van der Waals surface area contributed by atoms with Crippen LogP contribution in [-0.2, 0) is 28.6 Å². The molecule has 0 saturated carbocycles. The first-order chi connectivity index (χ1) is 10.9. The molecule has 0 aliphatic rings. The lowest BCUT2D eigenvalue weighted by molar-refractivity contribution is -0.126. The zero-order valence-corrected chi connectivity index (χ0v) is 14.2. The van der Waals surface area contributed by atoms with Crippen molar-refractivity contribution in [1.82, 2.24) is 10.6 Å². The third-order valence-corrected chi connectivity index (χ3v) is 2.55. The van der Waals surface area contributed by atoms with E-state index in [-0.39, 0.29) is 43.3 Å². The normalized spacial score (nSPS) is 10.6. The number of amides is 2. The molecule has 0 atom stereocenters. The van der Waals surface area contributed by atoms with E-state index in [1.54, 1.807) is 13.8 Å². The van der Waals surface area contributed by atoms with E-state index in [1.165, 1.54) is 6.92 Å². The zero-order valence-electron chi connectivity index (χ0n) is 14.2. The van der Waals surface area contributed by atoms with Crippen LogP contribution in [0.1, 0.15) is 20.8 Å². The molecule has 134 valence electrons. The summed E-state index contributed by atoms with van der Waals surface area (Å²) >= 11 is 0. The van der Waals surface area contributed by atoms with Gasteiger partial charge in [0.2, 0.25) is 11.8 Å². The van der Waals surface area contributed by atoms with Crippen LogP contribution in [-0.4, -0.2) is 70.3 Å². The molecule has 0 heterocycles. The third-order valence-electron chi connectivity index (χ3n) is 2.55. The summed E-state index contributed by atoms with van der Waals surface area (Å²) < 4.78 is 15.4. The van der Waals surface area contributed by atoms with E-state index in [9.17, 15) is 14.4 Å². The molecule has 0 saturated heterocycles. The number of hydrogen-bond donors (Lipinski definition) is 2. The minimum atomic E-state index is -0.239. The highest BCUT2D eigenvalue weighted by Crippen LogP contribution is 1.89. The van der Waals surface area contributed by atoms with Gasteiger partial charge < -0.3 is 24.8 Å². The number of carbonyl (C=O) groups is 3. The van der Waals surface area contributed by atoms with E-state index >= 15 is 0 Å². The molecule has 0 aromatic carbocycles. The van der Waals surface area contributed by atoms with Gasteiger partial charge in [0.1, 0.15) is 13.2 Å². The van der Waals surface area contributed by atoms with Crippen molar-refractivity contribution in [3.05, 3.63) is 0 Å². The Morgan fingerprint density at radius 1 is 0.826 bits per heavy atom. The fourth-order valence-electron chi connectivity index (χ4n) is 1.36. The van der Waals surface area contributed by atoms with Crippen LogP contribution in [0.2, 0.25) is 0 Å².